The number of amides is 1. The molecule has 0 aliphatic rings. The molecule has 10 heteroatoms. The Morgan fingerprint density at radius 1 is 1.06 bits per heavy atom. The third-order valence-corrected chi connectivity index (χ3v) is 4.71. The number of benzene rings is 2. The Hall–Kier alpha value is -3.95. The highest BCUT2D eigenvalue weighted by Crippen LogP contribution is 2.12. The molecule has 0 aliphatic carbocycles. The van der Waals surface area contributed by atoms with Crippen LogP contribution in [-0.2, 0) is 24.3 Å². The van der Waals surface area contributed by atoms with Gasteiger partial charge < -0.3 is 5.32 Å². The number of fused-ring (bicyclic) bond motifs is 1. The molecule has 4 rings (SSSR count). The van der Waals surface area contributed by atoms with Crippen LogP contribution in [0.1, 0.15) is 18.1 Å². The largest absolute Gasteiger partial charge is 0.325 e. The number of hydrogen-bond acceptors (Lipinski definition) is 5. The Morgan fingerprint density at radius 2 is 1.77 bits per heavy atom. The van der Waals surface area contributed by atoms with Crippen LogP contribution in [0.5, 0.6) is 0 Å². The molecule has 1 amide bonds. The van der Waals surface area contributed by atoms with Gasteiger partial charge in [-0.2, -0.15) is 0 Å². The molecule has 158 valence electrons. The second-order valence-corrected chi connectivity index (χ2v) is 6.97. The molecule has 0 radical (unpaired) electrons. The van der Waals surface area contributed by atoms with Crippen molar-refractivity contribution in [3.8, 4) is 0 Å². The standard InChI is InChI=1S/C21H18F2N6O2/c1-2-13-3-5-17(6-4-13)25-18(30)11-28-12-24-20-19(21(28)31)26-27-29(20)10-14-7-15(22)9-16(23)8-14/h3-9,12H,2,10-11H2,1H3,(H,25,30). The lowest BCUT2D eigenvalue weighted by atomic mass is 10.1. The fourth-order valence-corrected chi connectivity index (χ4v) is 3.16. The first-order valence-electron chi connectivity index (χ1n) is 9.55. The van der Waals surface area contributed by atoms with Crippen molar-refractivity contribution in [1.82, 2.24) is 24.5 Å². The molecule has 2 aromatic carbocycles. The molecule has 0 fully saturated rings. The molecule has 0 saturated carbocycles. The first kappa shape index (κ1) is 20.3. The molecule has 2 aromatic heterocycles. The molecule has 0 saturated heterocycles. The lowest BCUT2D eigenvalue weighted by Crippen LogP contribution is -2.28. The van der Waals surface area contributed by atoms with Crippen LogP contribution in [0.4, 0.5) is 14.5 Å². The lowest BCUT2D eigenvalue weighted by molar-refractivity contribution is -0.116. The van der Waals surface area contributed by atoms with Crippen molar-refractivity contribution in [3.63, 3.8) is 0 Å². The van der Waals surface area contributed by atoms with E-state index in [2.05, 4.69) is 20.6 Å². The van der Waals surface area contributed by atoms with E-state index in [0.717, 1.165) is 34.8 Å². The number of nitrogens with zero attached hydrogens (tertiary/aromatic N) is 5. The van der Waals surface area contributed by atoms with Crippen molar-refractivity contribution >= 4 is 22.8 Å². The third kappa shape index (κ3) is 4.47. The number of nitrogens with one attached hydrogen (secondary N) is 1. The van der Waals surface area contributed by atoms with Crippen LogP contribution in [0.25, 0.3) is 11.2 Å². The van der Waals surface area contributed by atoms with Crippen LogP contribution < -0.4 is 10.9 Å². The van der Waals surface area contributed by atoms with Crippen LogP contribution in [-0.4, -0.2) is 30.5 Å². The molecular formula is C21H18F2N6O2. The molecule has 4 aromatic rings. The van der Waals surface area contributed by atoms with Crippen LogP contribution >= 0.6 is 0 Å². The molecule has 0 spiro atoms. The number of rotatable bonds is 6. The number of halogens is 2. The first-order chi connectivity index (χ1) is 14.9. The van der Waals surface area contributed by atoms with E-state index in [1.165, 1.54) is 11.0 Å². The van der Waals surface area contributed by atoms with E-state index in [0.29, 0.717) is 11.3 Å². The minimum atomic E-state index is -0.718. The van der Waals surface area contributed by atoms with Gasteiger partial charge in [0.1, 0.15) is 24.5 Å². The van der Waals surface area contributed by atoms with E-state index in [9.17, 15) is 18.4 Å². The number of anilines is 1. The Morgan fingerprint density at radius 3 is 2.45 bits per heavy atom. The molecule has 1 N–H and O–H groups in total. The predicted octanol–water partition coefficient (Wildman–Crippen LogP) is 2.52. The third-order valence-electron chi connectivity index (χ3n) is 4.71. The van der Waals surface area contributed by atoms with Gasteiger partial charge in [-0.15, -0.1) is 5.10 Å². The van der Waals surface area contributed by atoms with Crippen molar-refractivity contribution in [2.75, 3.05) is 5.32 Å². The van der Waals surface area contributed by atoms with Crippen LogP contribution in [0.3, 0.4) is 0 Å². The monoisotopic (exact) mass is 424 g/mol. The molecule has 0 bridgehead atoms. The summed E-state index contributed by atoms with van der Waals surface area (Å²) in [6, 6.07) is 10.5. The van der Waals surface area contributed by atoms with Crippen LogP contribution in [0, 0.1) is 11.6 Å². The van der Waals surface area contributed by atoms with Gasteiger partial charge in [-0.1, -0.05) is 24.3 Å². The first-order valence-corrected chi connectivity index (χ1v) is 9.55. The molecule has 31 heavy (non-hydrogen) atoms. The normalized spacial score (nSPS) is 11.1. The van der Waals surface area contributed by atoms with Crippen molar-refractivity contribution in [2.45, 2.75) is 26.4 Å². The van der Waals surface area contributed by atoms with Crippen LogP contribution in [0.2, 0.25) is 0 Å². The molecule has 0 atom stereocenters. The Labute approximate surface area is 175 Å². The maximum atomic E-state index is 13.4. The Bertz CT molecular complexity index is 1290. The van der Waals surface area contributed by atoms with Gasteiger partial charge in [0.2, 0.25) is 5.91 Å². The highest BCUT2D eigenvalue weighted by atomic mass is 19.1. The number of carbonyl (C=O) groups is 1. The summed E-state index contributed by atoms with van der Waals surface area (Å²) in [7, 11) is 0. The topological polar surface area (TPSA) is 94.7 Å². The zero-order valence-corrected chi connectivity index (χ0v) is 16.5. The second kappa shape index (κ2) is 8.42. The van der Waals surface area contributed by atoms with Gasteiger partial charge in [0.25, 0.3) is 5.56 Å². The quantitative estimate of drug-likeness (QED) is 0.513. The summed E-state index contributed by atoms with van der Waals surface area (Å²) in [5, 5.41) is 10.4. The zero-order chi connectivity index (χ0) is 22.0. The Balaban J connectivity index is 1.53. The molecule has 8 nitrogen and oxygen atoms in total. The average Bonchev–Trinajstić information content (AvgIpc) is 3.13. The minimum Gasteiger partial charge on any atom is -0.325 e. The summed E-state index contributed by atoms with van der Waals surface area (Å²) < 4.78 is 29.2. The summed E-state index contributed by atoms with van der Waals surface area (Å²) in [4.78, 5) is 29.2. The fraction of sp³-hybridized carbons (Fsp3) is 0.190. The van der Waals surface area contributed by atoms with Gasteiger partial charge in [-0.25, -0.2) is 18.4 Å². The van der Waals surface area contributed by atoms with E-state index in [1.54, 1.807) is 12.1 Å². The summed E-state index contributed by atoms with van der Waals surface area (Å²) in [6.07, 6.45) is 2.11. The van der Waals surface area contributed by atoms with Crippen molar-refractivity contribution in [3.05, 3.63) is 81.9 Å². The van der Waals surface area contributed by atoms with Crippen molar-refractivity contribution < 1.29 is 13.6 Å². The molecule has 2 heterocycles. The van der Waals surface area contributed by atoms with Gasteiger partial charge in [0, 0.05) is 11.8 Å². The van der Waals surface area contributed by atoms with E-state index in [-0.39, 0.29) is 24.3 Å². The number of aryl methyl sites for hydroxylation is 1. The van der Waals surface area contributed by atoms with Gasteiger partial charge in [-0.3, -0.25) is 14.2 Å². The fourth-order valence-electron chi connectivity index (χ4n) is 3.16. The average molecular weight is 424 g/mol. The predicted molar refractivity (Wildman–Crippen MR) is 109 cm³/mol. The van der Waals surface area contributed by atoms with E-state index >= 15 is 0 Å². The van der Waals surface area contributed by atoms with Gasteiger partial charge in [0.15, 0.2) is 11.2 Å². The minimum absolute atomic E-state index is 0.0180. The second-order valence-electron chi connectivity index (χ2n) is 6.97. The highest BCUT2D eigenvalue weighted by Gasteiger charge is 2.15. The lowest BCUT2D eigenvalue weighted by Gasteiger charge is -2.08. The van der Waals surface area contributed by atoms with Crippen LogP contribution in [0.15, 0.2) is 53.6 Å². The summed E-state index contributed by atoms with van der Waals surface area (Å²) in [5.74, 6) is -1.83. The smallest absolute Gasteiger partial charge is 0.283 e. The number of carbonyl (C=O) groups excluding carboxylic acids is 1. The van der Waals surface area contributed by atoms with E-state index in [4.69, 9.17) is 0 Å². The number of aromatic nitrogens is 5. The maximum absolute atomic E-state index is 13.4. The molecular weight excluding hydrogens is 406 g/mol. The van der Waals surface area contributed by atoms with E-state index in [1.807, 2.05) is 19.1 Å². The van der Waals surface area contributed by atoms with Gasteiger partial charge >= 0.3 is 0 Å². The highest BCUT2D eigenvalue weighted by molar-refractivity contribution is 5.90. The van der Waals surface area contributed by atoms with E-state index < -0.39 is 23.1 Å². The number of hydrogen-bond donors (Lipinski definition) is 1. The van der Waals surface area contributed by atoms with Crippen molar-refractivity contribution in [2.24, 2.45) is 0 Å². The molecule has 0 aliphatic heterocycles. The SMILES string of the molecule is CCc1ccc(NC(=O)Cn2cnc3c(nnn3Cc3cc(F)cc(F)c3)c2=O)cc1. The summed E-state index contributed by atoms with van der Waals surface area (Å²) in [5.41, 5.74) is 1.65. The summed E-state index contributed by atoms with van der Waals surface area (Å²) in [6.45, 7) is 1.77. The molecule has 0 unspecified atom stereocenters. The zero-order valence-electron chi connectivity index (χ0n) is 16.5. The maximum Gasteiger partial charge on any atom is 0.283 e. The van der Waals surface area contributed by atoms with Crippen molar-refractivity contribution in [1.29, 1.82) is 0 Å². The van der Waals surface area contributed by atoms with Gasteiger partial charge in [0.05, 0.1) is 6.54 Å². The van der Waals surface area contributed by atoms with Gasteiger partial charge in [-0.05, 0) is 41.8 Å². The summed E-state index contributed by atoms with van der Waals surface area (Å²) >= 11 is 0. The Kier molecular flexibility index (Phi) is 5.52.